The summed E-state index contributed by atoms with van der Waals surface area (Å²) in [4.78, 5) is 11.8. The Morgan fingerprint density at radius 2 is 1.86 bits per heavy atom. The summed E-state index contributed by atoms with van der Waals surface area (Å²) in [6.07, 6.45) is 1.74. The van der Waals surface area contributed by atoms with Crippen molar-refractivity contribution in [3.63, 3.8) is 0 Å². The van der Waals surface area contributed by atoms with Crippen LogP contribution in [0.1, 0.15) is 11.1 Å². The number of nitrogens with zero attached hydrogens (tertiary/aromatic N) is 1. The van der Waals surface area contributed by atoms with Gasteiger partial charge in [-0.2, -0.15) is 0 Å². The Morgan fingerprint density at radius 3 is 2.45 bits per heavy atom. The largest absolute Gasteiger partial charge is 0.318 e. The molecule has 5 nitrogen and oxygen atoms in total. The van der Waals surface area contributed by atoms with Gasteiger partial charge in [0.2, 0.25) is 0 Å². The lowest BCUT2D eigenvalue weighted by molar-refractivity contribution is 0.609. The van der Waals surface area contributed by atoms with E-state index in [1.807, 2.05) is 13.0 Å². The maximum absolute atomic E-state index is 11.8. The van der Waals surface area contributed by atoms with Crippen LogP contribution < -0.4 is 10.3 Å². The third kappa shape index (κ3) is 3.28. The molecule has 0 aliphatic heterocycles. The number of sulfonamides is 1. The van der Waals surface area contributed by atoms with Crippen LogP contribution in [0.3, 0.4) is 0 Å². The number of hydrogen-bond donors (Lipinski definition) is 1. The molecule has 1 N–H and O–H groups in total. The van der Waals surface area contributed by atoms with Gasteiger partial charge < -0.3 is 4.57 Å². The Hall–Kier alpha value is -2.34. The third-order valence-electron chi connectivity index (χ3n) is 3.39. The zero-order chi connectivity index (χ0) is 16.5. The fourth-order valence-corrected chi connectivity index (χ4v) is 2.77. The van der Waals surface area contributed by atoms with Crippen LogP contribution in [0.25, 0.3) is 11.1 Å². The SMILES string of the molecule is C=CS(=O)(=O)Nc1ccc(C)c(-c2cc(C)c(=O)n(C)c2)c1. The number of nitrogens with one attached hydrogen (secondary N) is 1. The van der Waals surface area contributed by atoms with E-state index in [4.69, 9.17) is 0 Å². The van der Waals surface area contributed by atoms with Crippen LogP contribution in [0, 0.1) is 13.8 Å². The van der Waals surface area contributed by atoms with Crippen LogP contribution >= 0.6 is 0 Å². The molecule has 0 saturated heterocycles. The second kappa shape index (κ2) is 5.81. The molecule has 0 spiro atoms. The average molecular weight is 318 g/mol. The summed E-state index contributed by atoms with van der Waals surface area (Å²) in [6.45, 7) is 6.96. The molecule has 0 unspecified atom stereocenters. The molecule has 22 heavy (non-hydrogen) atoms. The minimum Gasteiger partial charge on any atom is -0.318 e. The molecule has 1 aromatic carbocycles. The molecule has 0 bridgehead atoms. The highest BCUT2D eigenvalue weighted by Gasteiger charge is 2.09. The van der Waals surface area contributed by atoms with Gasteiger partial charge in [-0.05, 0) is 48.7 Å². The van der Waals surface area contributed by atoms with Crippen molar-refractivity contribution in [1.82, 2.24) is 4.57 Å². The van der Waals surface area contributed by atoms with Crippen molar-refractivity contribution in [2.45, 2.75) is 13.8 Å². The number of aromatic nitrogens is 1. The van der Waals surface area contributed by atoms with Gasteiger partial charge in [-0.15, -0.1) is 0 Å². The summed E-state index contributed by atoms with van der Waals surface area (Å²) in [7, 11) is -1.86. The summed E-state index contributed by atoms with van der Waals surface area (Å²) in [5, 5.41) is 0.864. The van der Waals surface area contributed by atoms with Gasteiger partial charge in [0.05, 0.1) is 0 Å². The molecule has 1 aromatic heterocycles. The van der Waals surface area contributed by atoms with E-state index in [1.54, 1.807) is 38.4 Å². The van der Waals surface area contributed by atoms with Crippen LogP contribution in [0.15, 0.2) is 47.2 Å². The van der Waals surface area contributed by atoms with Crippen molar-refractivity contribution in [1.29, 1.82) is 0 Å². The molecule has 6 heteroatoms. The second-order valence-electron chi connectivity index (χ2n) is 5.17. The fraction of sp³-hybridized carbons (Fsp3) is 0.188. The highest BCUT2D eigenvalue weighted by atomic mass is 32.2. The summed E-state index contributed by atoms with van der Waals surface area (Å²) in [6, 6.07) is 7.07. The Morgan fingerprint density at radius 1 is 1.18 bits per heavy atom. The van der Waals surface area contributed by atoms with Crippen LogP contribution in [0.4, 0.5) is 5.69 Å². The molecule has 116 valence electrons. The molecular formula is C16H18N2O3S. The van der Waals surface area contributed by atoms with Crippen molar-refractivity contribution in [3.05, 3.63) is 63.9 Å². The van der Waals surface area contributed by atoms with Gasteiger partial charge in [0.25, 0.3) is 15.6 Å². The Bertz CT molecular complexity index is 870. The van der Waals surface area contributed by atoms with Crippen molar-refractivity contribution >= 4 is 15.7 Å². The molecular weight excluding hydrogens is 300 g/mol. The van der Waals surface area contributed by atoms with Crippen LogP contribution in [0.2, 0.25) is 0 Å². The number of benzene rings is 1. The lowest BCUT2D eigenvalue weighted by Crippen LogP contribution is -2.18. The summed E-state index contributed by atoms with van der Waals surface area (Å²) < 4.78 is 27.1. The molecule has 0 fully saturated rings. The minimum atomic E-state index is -3.55. The van der Waals surface area contributed by atoms with Gasteiger partial charge in [-0.25, -0.2) is 8.42 Å². The van der Waals surface area contributed by atoms with Crippen LogP contribution in [-0.4, -0.2) is 13.0 Å². The maximum Gasteiger partial charge on any atom is 0.254 e. The quantitative estimate of drug-likeness (QED) is 0.942. The second-order valence-corrected chi connectivity index (χ2v) is 6.80. The number of anilines is 1. The van der Waals surface area contributed by atoms with Crippen molar-refractivity contribution in [2.24, 2.45) is 7.05 Å². The lowest BCUT2D eigenvalue weighted by Gasteiger charge is -2.12. The van der Waals surface area contributed by atoms with E-state index in [0.717, 1.165) is 22.1 Å². The summed E-state index contributed by atoms with van der Waals surface area (Å²) in [5.74, 6) is 0. The standard InChI is InChI=1S/C16H18N2O3S/c1-5-22(20,21)17-14-7-6-11(2)15(9-14)13-8-12(3)16(19)18(4)10-13/h5-10,17H,1H2,2-4H3. The van der Waals surface area contributed by atoms with Gasteiger partial charge in [0.15, 0.2) is 0 Å². The first-order valence-electron chi connectivity index (χ1n) is 6.67. The zero-order valence-corrected chi connectivity index (χ0v) is 13.6. The van der Waals surface area contributed by atoms with E-state index in [-0.39, 0.29) is 5.56 Å². The van der Waals surface area contributed by atoms with E-state index in [1.165, 1.54) is 4.57 Å². The minimum absolute atomic E-state index is 0.0510. The van der Waals surface area contributed by atoms with E-state index in [2.05, 4.69) is 11.3 Å². The van der Waals surface area contributed by atoms with Crippen molar-refractivity contribution in [2.75, 3.05) is 4.72 Å². The average Bonchev–Trinajstić information content (AvgIpc) is 2.46. The Balaban J connectivity index is 2.56. The first-order chi connectivity index (χ1) is 10.2. The maximum atomic E-state index is 11.8. The van der Waals surface area contributed by atoms with Crippen molar-refractivity contribution in [3.8, 4) is 11.1 Å². The van der Waals surface area contributed by atoms with E-state index >= 15 is 0 Å². The highest BCUT2D eigenvalue weighted by Crippen LogP contribution is 2.27. The highest BCUT2D eigenvalue weighted by molar-refractivity contribution is 7.95. The van der Waals surface area contributed by atoms with Crippen LogP contribution in [0.5, 0.6) is 0 Å². The topological polar surface area (TPSA) is 68.2 Å². The van der Waals surface area contributed by atoms with E-state index in [0.29, 0.717) is 11.3 Å². The number of aryl methyl sites for hydroxylation is 3. The Labute approximate surface area is 130 Å². The molecule has 0 saturated carbocycles. The molecule has 0 radical (unpaired) electrons. The monoisotopic (exact) mass is 318 g/mol. The molecule has 2 rings (SSSR count). The van der Waals surface area contributed by atoms with Crippen LogP contribution in [-0.2, 0) is 17.1 Å². The first-order valence-corrected chi connectivity index (χ1v) is 8.21. The Kier molecular flexibility index (Phi) is 4.23. The molecule has 0 aliphatic rings. The van der Waals surface area contributed by atoms with Gasteiger partial charge in [-0.1, -0.05) is 12.6 Å². The summed E-state index contributed by atoms with van der Waals surface area (Å²) in [5.41, 5.74) is 3.74. The lowest BCUT2D eigenvalue weighted by atomic mass is 10.0. The number of rotatable bonds is 4. The van der Waals surface area contributed by atoms with Gasteiger partial charge in [0.1, 0.15) is 0 Å². The van der Waals surface area contributed by atoms with E-state index < -0.39 is 10.0 Å². The predicted molar refractivity (Wildman–Crippen MR) is 89.3 cm³/mol. The normalized spacial score (nSPS) is 11.2. The molecule has 1 heterocycles. The van der Waals surface area contributed by atoms with Gasteiger partial charge >= 0.3 is 0 Å². The number of hydrogen-bond acceptors (Lipinski definition) is 3. The molecule has 0 atom stereocenters. The van der Waals surface area contributed by atoms with Gasteiger partial charge in [0, 0.05) is 29.9 Å². The summed E-state index contributed by atoms with van der Waals surface area (Å²) >= 11 is 0. The van der Waals surface area contributed by atoms with Gasteiger partial charge in [-0.3, -0.25) is 9.52 Å². The molecule has 0 aliphatic carbocycles. The first kappa shape index (κ1) is 16.0. The fourth-order valence-electron chi connectivity index (χ4n) is 2.23. The smallest absolute Gasteiger partial charge is 0.254 e. The molecule has 2 aromatic rings. The predicted octanol–water partition coefficient (Wildman–Crippen LogP) is 2.55. The zero-order valence-electron chi connectivity index (χ0n) is 12.8. The van der Waals surface area contributed by atoms with Crippen molar-refractivity contribution < 1.29 is 8.42 Å². The van der Waals surface area contributed by atoms with E-state index in [9.17, 15) is 13.2 Å². The third-order valence-corrected chi connectivity index (χ3v) is 4.35. The molecule has 0 amide bonds. The number of pyridine rings is 1.